The Morgan fingerprint density at radius 2 is 1.72 bits per heavy atom. The summed E-state index contributed by atoms with van der Waals surface area (Å²) in [7, 11) is 0. The van der Waals surface area contributed by atoms with E-state index in [1.165, 1.54) is 4.90 Å². The monoisotopic (exact) mass is 432 g/mol. The van der Waals surface area contributed by atoms with Crippen LogP contribution in [0.2, 0.25) is 0 Å². The highest BCUT2D eigenvalue weighted by Gasteiger charge is 2.44. The lowest BCUT2D eigenvalue weighted by Crippen LogP contribution is -2.38. The zero-order valence-electron chi connectivity index (χ0n) is 19.5. The number of likely N-dealkylation sites (tertiary alicyclic amines) is 1. The van der Waals surface area contributed by atoms with Gasteiger partial charge in [0.25, 0.3) is 11.8 Å². The summed E-state index contributed by atoms with van der Waals surface area (Å²) in [4.78, 5) is 31.1. The number of hydrogen-bond acceptors (Lipinski definition) is 4. The van der Waals surface area contributed by atoms with Gasteiger partial charge in [-0.1, -0.05) is 49.7 Å². The number of benzene rings is 2. The highest BCUT2D eigenvalue weighted by Crippen LogP contribution is 2.40. The van der Waals surface area contributed by atoms with E-state index in [9.17, 15) is 9.59 Å². The minimum atomic E-state index is -0.275. The van der Waals surface area contributed by atoms with Gasteiger partial charge in [0.2, 0.25) is 0 Å². The van der Waals surface area contributed by atoms with Gasteiger partial charge < -0.3 is 9.64 Å². The second-order valence-corrected chi connectivity index (χ2v) is 8.97. The smallest absolute Gasteiger partial charge is 0.282 e. The van der Waals surface area contributed by atoms with E-state index in [4.69, 9.17) is 4.74 Å². The first kappa shape index (κ1) is 22.1. The van der Waals surface area contributed by atoms with Crippen molar-refractivity contribution in [2.24, 2.45) is 5.92 Å². The second-order valence-electron chi connectivity index (χ2n) is 8.97. The average Bonchev–Trinajstić information content (AvgIpc) is 3.03. The number of aryl methyl sites for hydroxylation is 2. The number of piperidine rings is 1. The number of hydrogen-bond donors (Lipinski definition) is 0. The van der Waals surface area contributed by atoms with Crippen molar-refractivity contribution in [2.75, 3.05) is 24.6 Å². The van der Waals surface area contributed by atoms with Crippen LogP contribution in [0.15, 0.2) is 48.2 Å². The topological polar surface area (TPSA) is 49.9 Å². The molecule has 5 heteroatoms. The fourth-order valence-electron chi connectivity index (χ4n) is 4.58. The van der Waals surface area contributed by atoms with Crippen molar-refractivity contribution in [2.45, 2.75) is 47.0 Å². The van der Waals surface area contributed by atoms with Crippen LogP contribution in [0.25, 0.3) is 5.57 Å². The van der Waals surface area contributed by atoms with E-state index in [0.717, 1.165) is 49.0 Å². The third-order valence-corrected chi connectivity index (χ3v) is 6.38. The maximum Gasteiger partial charge on any atom is 0.282 e. The molecule has 0 unspecified atom stereocenters. The fraction of sp³-hybridized carbons (Fsp3) is 0.407. The quantitative estimate of drug-likeness (QED) is 0.596. The van der Waals surface area contributed by atoms with Crippen molar-refractivity contribution in [3.63, 3.8) is 0 Å². The molecule has 1 fully saturated rings. The summed E-state index contributed by atoms with van der Waals surface area (Å²) in [6, 6.07) is 13.4. The summed E-state index contributed by atoms with van der Waals surface area (Å²) in [5, 5.41) is 0. The van der Waals surface area contributed by atoms with E-state index in [1.54, 1.807) is 6.07 Å². The maximum absolute atomic E-state index is 13.9. The highest BCUT2D eigenvalue weighted by atomic mass is 16.5. The molecule has 0 aliphatic carbocycles. The van der Waals surface area contributed by atoms with Crippen molar-refractivity contribution in [3.05, 3.63) is 64.9 Å². The molecule has 2 amide bonds. The first-order chi connectivity index (χ1) is 15.4. The number of nitrogens with zero attached hydrogens (tertiary/aromatic N) is 2. The lowest BCUT2D eigenvalue weighted by Gasteiger charge is -2.33. The van der Waals surface area contributed by atoms with Crippen molar-refractivity contribution in [1.82, 2.24) is 4.90 Å². The molecule has 4 rings (SSSR count). The van der Waals surface area contributed by atoms with Gasteiger partial charge >= 0.3 is 0 Å². The Bertz CT molecular complexity index is 1060. The molecule has 0 saturated carbocycles. The summed E-state index contributed by atoms with van der Waals surface area (Å²) in [6.45, 7) is 10.4. The van der Waals surface area contributed by atoms with Gasteiger partial charge in [0.1, 0.15) is 11.4 Å². The maximum atomic E-state index is 13.9. The molecule has 32 heavy (non-hydrogen) atoms. The van der Waals surface area contributed by atoms with Crippen molar-refractivity contribution in [1.29, 1.82) is 0 Å². The molecule has 2 aliphatic rings. The summed E-state index contributed by atoms with van der Waals surface area (Å²) in [5.41, 5.74) is 4.51. The zero-order valence-corrected chi connectivity index (χ0v) is 19.5. The molecular formula is C27H32N2O3. The summed E-state index contributed by atoms with van der Waals surface area (Å²) in [5.74, 6) is 0.655. The SMILES string of the molecule is CCCOc1ccccc1N1C(=O)C(c2ccc(C)cc2C)=C(N2CCC(C)CC2)C1=O. The summed E-state index contributed by atoms with van der Waals surface area (Å²) < 4.78 is 5.89. The molecule has 0 atom stereocenters. The second kappa shape index (κ2) is 9.19. The van der Waals surface area contributed by atoms with Crippen LogP contribution in [0.1, 0.15) is 49.8 Å². The van der Waals surface area contributed by atoms with Crippen molar-refractivity contribution in [3.8, 4) is 5.75 Å². The molecule has 5 nitrogen and oxygen atoms in total. The van der Waals surface area contributed by atoms with Crippen LogP contribution in [0.3, 0.4) is 0 Å². The van der Waals surface area contributed by atoms with Gasteiger partial charge in [0, 0.05) is 13.1 Å². The van der Waals surface area contributed by atoms with Gasteiger partial charge in [0.15, 0.2) is 0 Å². The Balaban J connectivity index is 1.82. The predicted molar refractivity (Wildman–Crippen MR) is 128 cm³/mol. The van der Waals surface area contributed by atoms with Gasteiger partial charge in [-0.2, -0.15) is 0 Å². The lowest BCUT2D eigenvalue weighted by molar-refractivity contribution is -0.120. The molecule has 2 aromatic rings. The van der Waals surface area contributed by atoms with Crippen LogP contribution in [-0.2, 0) is 9.59 Å². The lowest BCUT2D eigenvalue weighted by atomic mass is 9.95. The van der Waals surface area contributed by atoms with E-state index in [-0.39, 0.29) is 11.8 Å². The third kappa shape index (κ3) is 4.04. The predicted octanol–water partition coefficient (Wildman–Crippen LogP) is 5.11. The van der Waals surface area contributed by atoms with Crippen LogP contribution in [0.4, 0.5) is 5.69 Å². The minimum Gasteiger partial charge on any atom is -0.491 e. The largest absolute Gasteiger partial charge is 0.491 e. The number of para-hydroxylation sites is 2. The molecule has 0 bridgehead atoms. The molecule has 0 N–H and O–H groups in total. The van der Waals surface area contributed by atoms with Crippen LogP contribution in [0, 0.1) is 19.8 Å². The molecule has 2 aromatic carbocycles. The number of anilines is 1. The number of carbonyl (C=O) groups is 2. The molecule has 0 spiro atoms. The number of rotatable bonds is 6. The first-order valence-electron chi connectivity index (χ1n) is 11.6. The number of ether oxygens (including phenoxy) is 1. The van der Waals surface area contributed by atoms with Gasteiger partial charge in [-0.15, -0.1) is 0 Å². The van der Waals surface area contributed by atoms with E-state index in [1.807, 2.05) is 51.1 Å². The molecule has 0 aromatic heterocycles. The van der Waals surface area contributed by atoms with Crippen molar-refractivity contribution >= 4 is 23.1 Å². The molecule has 168 valence electrons. The number of imide groups is 1. The zero-order chi connectivity index (χ0) is 22.8. The molecular weight excluding hydrogens is 400 g/mol. The Hall–Kier alpha value is -3.08. The van der Waals surface area contributed by atoms with Crippen LogP contribution in [-0.4, -0.2) is 36.4 Å². The van der Waals surface area contributed by atoms with Crippen LogP contribution in [0.5, 0.6) is 5.75 Å². The van der Waals surface area contributed by atoms with E-state index < -0.39 is 0 Å². The van der Waals surface area contributed by atoms with E-state index >= 15 is 0 Å². The molecule has 2 aliphatic heterocycles. The standard InChI is InChI=1S/C27H32N2O3/c1-5-16-32-23-9-7-6-8-22(23)29-26(30)24(21-11-10-19(3)17-20(21)4)25(27(29)31)28-14-12-18(2)13-15-28/h6-11,17-18H,5,12-16H2,1-4H3. The number of carbonyl (C=O) groups excluding carboxylic acids is 2. The summed E-state index contributed by atoms with van der Waals surface area (Å²) in [6.07, 6.45) is 2.88. The molecule has 2 heterocycles. The van der Waals surface area contributed by atoms with Gasteiger partial charge in [-0.3, -0.25) is 9.59 Å². The number of amides is 2. The Labute approximate surface area is 190 Å². The van der Waals surface area contributed by atoms with Gasteiger partial charge in [-0.25, -0.2) is 4.90 Å². The average molecular weight is 433 g/mol. The Morgan fingerprint density at radius 1 is 1.00 bits per heavy atom. The first-order valence-corrected chi connectivity index (χ1v) is 11.6. The van der Waals surface area contributed by atoms with Gasteiger partial charge in [0.05, 0.1) is 17.9 Å². The Morgan fingerprint density at radius 3 is 2.41 bits per heavy atom. The van der Waals surface area contributed by atoms with Crippen LogP contribution < -0.4 is 9.64 Å². The van der Waals surface area contributed by atoms with Crippen LogP contribution >= 0.6 is 0 Å². The van der Waals surface area contributed by atoms with E-state index in [2.05, 4.69) is 17.9 Å². The highest BCUT2D eigenvalue weighted by molar-refractivity contribution is 6.45. The Kier molecular flexibility index (Phi) is 6.35. The van der Waals surface area contributed by atoms with Gasteiger partial charge in [-0.05, 0) is 62.3 Å². The normalized spacial score (nSPS) is 17.5. The minimum absolute atomic E-state index is 0.257. The summed E-state index contributed by atoms with van der Waals surface area (Å²) >= 11 is 0. The van der Waals surface area contributed by atoms with E-state index in [0.29, 0.717) is 35.2 Å². The third-order valence-electron chi connectivity index (χ3n) is 6.38. The molecule has 0 radical (unpaired) electrons. The van der Waals surface area contributed by atoms with Crippen molar-refractivity contribution < 1.29 is 14.3 Å². The fourth-order valence-corrected chi connectivity index (χ4v) is 4.58. The molecule has 1 saturated heterocycles.